The molecule has 2 aromatic rings. The zero-order valence-corrected chi connectivity index (χ0v) is 18.6. The summed E-state index contributed by atoms with van der Waals surface area (Å²) in [7, 11) is 0. The molecule has 2 heterocycles. The molecule has 0 amide bonds. The molecular formula is C21H26F2IN5. The number of pyridine rings is 1. The zero-order chi connectivity index (χ0) is 19.5. The van der Waals surface area contributed by atoms with Crippen LogP contribution in [0.2, 0.25) is 0 Å². The zero-order valence-electron chi connectivity index (χ0n) is 16.3. The summed E-state index contributed by atoms with van der Waals surface area (Å²) in [5.74, 6) is 0.861. The fraction of sp³-hybridized carbons (Fsp3) is 0.429. The van der Waals surface area contributed by atoms with E-state index in [2.05, 4.69) is 20.6 Å². The lowest BCUT2D eigenvalue weighted by atomic mass is 10.1. The molecule has 0 bridgehead atoms. The number of benzene rings is 1. The van der Waals surface area contributed by atoms with E-state index in [4.69, 9.17) is 0 Å². The van der Waals surface area contributed by atoms with Crippen LogP contribution >= 0.6 is 24.0 Å². The number of halogens is 3. The molecule has 4 rings (SSSR count). The Morgan fingerprint density at radius 3 is 2.72 bits per heavy atom. The number of nitrogens with zero attached hydrogens (tertiary/aromatic N) is 3. The van der Waals surface area contributed by atoms with Crippen LogP contribution in [0.15, 0.2) is 47.6 Å². The molecule has 8 heteroatoms. The highest BCUT2D eigenvalue weighted by atomic mass is 127. The van der Waals surface area contributed by atoms with Crippen LogP contribution < -0.4 is 15.5 Å². The lowest BCUT2D eigenvalue weighted by Gasteiger charge is -2.20. The van der Waals surface area contributed by atoms with Gasteiger partial charge in [-0.2, -0.15) is 0 Å². The summed E-state index contributed by atoms with van der Waals surface area (Å²) in [4.78, 5) is 10.6. The number of aliphatic imine (C=N–C) groups is 1. The maximum atomic E-state index is 14.0. The van der Waals surface area contributed by atoms with E-state index in [1.165, 1.54) is 12.1 Å². The van der Waals surface area contributed by atoms with Crippen molar-refractivity contribution in [2.45, 2.75) is 37.8 Å². The Morgan fingerprint density at radius 2 is 1.97 bits per heavy atom. The lowest BCUT2D eigenvalue weighted by Crippen LogP contribution is -2.45. The Morgan fingerprint density at radius 1 is 1.17 bits per heavy atom. The van der Waals surface area contributed by atoms with E-state index in [-0.39, 0.29) is 53.6 Å². The lowest BCUT2D eigenvalue weighted by molar-refractivity contribution is 0.605. The predicted octanol–water partition coefficient (Wildman–Crippen LogP) is 3.67. The normalized spacial score (nSPS) is 23.5. The van der Waals surface area contributed by atoms with Crippen molar-refractivity contribution in [3.8, 4) is 0 Å². The molecule has 1 aromatic heterocycles. The second-order valence-electron chi connectivity index (χ2n) is 7.32. The van der Waals surface area contributed by atoms with Crippen LogP contribution in [0.5, 0.6) is 0 Å². The molecule has 2 fully saturated rings. The number of nitrogens with one attached hydrogen (secondary N) is 2. The van der Waals surface area contributed by atoms with Crippen molar-refractivity contribution < 1.29 is 8.78 Å². The molecule has 1 aliphatic heterocycles. The molecule has 1 aromatic carbocycles. The average Bonchev–Trinajstić information content (AvgIpc) is 3.28. The summed E-state index contributed by atoms with van der Waals surface area (Å²) >= 11 is 0. The van der Waals surface area contributed by atoms with E-state index in [1.807, 2.05) is 24.0 Å². The Hall–Kier alpha value is -1.97. The van der Waals surface area contributed by atoms with Crippen molar-refractivity contribution in [2.24, 2.45) is 4.99 Å². The molecule has 156 valence electrons. The molecule has 5 nitrogen and oxygen atoms in total. The van der Waals surface area contributed by atoms with Crippen LogP contribution in [0.4, 0.5) is 14.6 Å². The minimum atomic E-state index is -0.297. The minimum Gasteiger partial charge on any atom is -0.353 e. The van der Waals surface area contributed by atoms with Crippen molar-refractivity contribution in [2.75, 3.05) is 24.5 Å². The molecule has 1 aliphatic carbocycles. The van der Waals surface area contributed by atoms with Crippen LogP contribution in [0.3, 0.4) is 0 Å². The second-order valence-corrected chi connectivity index (χ2v) is 7.32. The molecule has 29 heavy (non-hydrogen) atoms. The quantitative estimate of drug-likeness (QED) is 0.364. The van der Waals surface area contributed by atoms with E-state index in [0.717, 1.165) is 30.9 Å². The van der Waals surface area contributed by atoms with Gasteiger partial charge in [-0.25, -0.2) is 13.8 Å². The van der Waals surface area contributed by atoms with Crippen molar-refractivity contribution in [3.05, 3.63) is 59.8 Å². The van der Waals surface area contributed by atoms with Gasteiger partial charge in [0.2, 0.25) is 0 Å². The molecule has 0 spiro atoms. The van der Waals surface area contributed by atoms with Gasteiger partial charge >= 0.3 is 0 Å². The third kappa shape index (κ3) is 5.15. The maximum absolute atomic E-state index is 14.0. The van der Waals surface area contributed by atoms with Gasteiger partial charge in [0.15, 0.2) is 17.6 Å². The third-order valence-electron chi connectivity index (χ3n) is 5.30. The van der Waals surface area contributed by atoms with Crippen molar-refractivity contribution in [1.82, 2.24) is 15.6 Å². The molecule has 1 saturated carbocycles. The van der Waals surface area contributed by atoms with Gasteiger partial charge in [0.25, 0.3) is 0 Å². The first-order valence-corrected chi connectivity index (χ1v) is 9.83. The smallest absolute Gasteiger partial charge is 0.191 e. The Bertz CT molecular complexity index is 862. The number of guanidine groups is 1. The van der Waals surface area contributed by atoms with Crippen molar-refractivity contribution in [1.29, 1.82) is 0 Å². The SMILES string of the molecule is CCN=C(NC1CCN(c2ncccc2F)C1)NC1CC1c1ccccc1F.I. The van der Waals surface area contributed by atoms with Crippen LogP contribution in [-0.2, 0) is 0 Å². The molecular weight excluding hydrogens is 487 g/mol. The number of hydrogen-bond acceptors (Lipinski definition) is 3. The number of rotatable bonds is 5. The highest BCUT2D eigenvalue weighted by molar-refractivity contribution is 14.0. The summed E-state index contributed by atoms with van der Waals surface area (Å²) < 4.78 is 28.0. The first-order valence-electron chi connectivity index (χ1n) is 9.83. The van der Waals surface area contributed by atoms with Crippen molar-refractivity contribution in [3.63, 3.8) is 0 Å². The summed E-state index contributed by atoms with van der Waals surface area (Å²) in [5, 5.41) is 6.87. The highest BCUT2D eigenvalue weighted by Gasteiger charge is 2.41. The third-order valence-corrected chi connectivity index (χ3v) is 5.30. The molecule has 2 N–H and O–H groups in total. The standard InChI is InChI=1S/C21H25F2N5.HI/c1-2-24-21(27-19-12-16(19)15-6-3-4-7-17(15)22)26-14-9-11-28(13-14)20-18(23)8-5-10-25-20;/h3-8,10,14,16,19H,2,9,11-13H2,1H3,(H2,24,26,27);1H. The van der Waals surface area contributed by atoms with Gasteiger partial charge in [-0.1, -0.05) is 18.2 Å². The summed E-state index contributed by atoms with van der Waals surface area (Å²) in [6.07, 6.45) is 3.38. The van der Waals surface area contributed by atoms with Crippen LogP contribution in [0, 0.1) is 11.6 Å². The van der Waals surface area contributed by atoms with Gasteiger partial charge in [-0.15, -0.1) is 24.0 Å². The fourth-order valence-electron chi connectivity index (χ4n) is 3.81. The first kappa shape index (κ1) is 21.7. The van der Waals surface area contributed by atoms with E-state index in [1.54, 1.807) is 18.3 Å². The average molecular weight is 513 g/mol. The second kappa shape index (κ2) is 9.69. The van der Waals surface area contributed by atoms with E-state index in [0.29, 0.717) is 18.9 Å². The number of aromatic nitrogens is 1. The Kier molecular flexibility index (Phi) is 7.26. The van der Waals surface area contributed by atoms with Gasteiger partial charge in [-0.05, 0) is 43.5 Å². The van der Waals surface area contributed by atoms with Gasteiger partial charge in [0.05, 0.1) is 0 Å². The monoisotopic (exact) mass is 513 g/mol. The number of anilines is 1. The van der Waals surface area contributed by atoms with Crippen LogP contribution in [0.25, 0.3) is 0 Å². The first-order chi connectivity index (χ1) is 13.7. The van der Waals surface area contributed by atoms with Crippen molar-refractivity contribution >= 4 is 35.8 Å². The Balaban J connectivity index is 0.00000240. The van der Waals surface area contributed by atoms with Gasteiger partial charge in [0.1, 0.15) is 5.82 Å². The topological polar surface area (TPSA) is 52.6 Å². The maximum Gasteiger partial charge on any atom is 0.191 e. The minimum absolute atomic E-state index is 0. The van der Waals surface area contributed by atoms with Crippen LogP contribution in [-0.4, -0.2) is 42.7 Å². The summed E-state index contributed by atoms with van der Waals surface area (Å²) in [5.41, 5.74) is 0.758. The number of hydrogen-bond donors (Lipinski definition) is 2. The predicted molar refractivity (Wildman–Crippen MR) is 122 cm³/mol. The molecule has 2 aliphatic rings. The Labute approximate surface area is 187 Å². The summed E-state index contributed by atoms with van der Waals surface area (Å²) in [6, 6.07) is 10.3. The fourth-order valence-corrected chi connectivity index (χ4v) is 3.81. The van der Waals surface area contributed by atoms with Crippen LogP contribution in [0.1, 0.15) is 31.2 Å². The van der Waals surface area contributed by atoms with E-state index >= 15 is 0 Å². The largest absolute Gasteiger partial charge is 0.353 e. The molecule has 0 radical (unpaired) electrons. The van der Waals surface area contributed by atoms with Gasteiger partial charge < -0.3 is 15.5 Å². The summed E-state index contributed by atoms with van der Waals surface area (Å²) in [6.45, 7) is 4.04. The van der Waals surface area contributed by atoms with E-state index in [9.17, 15) is 8.78 Å². The molecule has 3 atom stereocenters. The van der Waals surface area contributed by atoms with E-state index < -0.39 is 0 Å². The molecule has 1 saturated heterocycles. The molecule has 3 unspecified atom stereocenters. The van der Waals surface area contributed by atoms with Gasteiger partial charge in [0, 0.05) is 43.8 Å². The van der Waals surface area contributed by atoms with Gasteiger partial charge in [-0.3, -0.25) is 4.99 Å². The highest BCUT2D eigenvalue weighted by Crippen LogP contribution is 2.41.